The van der Waals surface area contributed by atoms with Gasteiger partial charge in [-0.25, -0.2) is 4.79 Å². The summed E-state index contributed by atoms with van der Waals surface area (Å²) >= 11 is 0. The predicted octanol–water partition coefficient (Wildman–Crippen LogP) is 1.95. The van der Waals surface area contributed by atoms with Crippen molar-refractivity contribution in [2.75, 3.05) is 13.7 Å². The minimum absolute atomic E-state index is 0.0933. The molecular weight excluding hydrogens is 381 g/mol. The molecule has 1 saturated heterocycles. The molecule has 28 heavy (non-hydrogen) atoms. The van der Waals surface area contributed by atoms with Crippen LogP contribution in [0.2, 0.25) is 0 Å². The standard InChI is InChI=1S/C16H22N2O3.C2HF3O2/c1-12-14(19)18(11-13-7-4-3-5-8-13)10-6-9-16(12,17)15(20)21-2;3-2(4,5)1(6)7/h3-5,7-8,12H,6,9-11,17H2,1-2H3;(H,6,7)/t12-,16+;/m1./s1. The number of carboxylic acid groups (broad SMARTS) is 1. The summed E-state index contributed by atoms with van der Waals surface area (Å²) in [5, 5.41) is 7.12. The molecule has 1 amide bonds. The average molecular weight is 404 g/mol. The van der Waals surface area contributed by atoms with Crippen molar-refractivity contribution >= 4 is 17.8 Å². The Morgan fingerprint density at radius 2 is 1.86 bits per heavy atom. The highest BCUT2D eigenvalue weighted by Gasteiger charge is 2.47. The lowest BCUT2D eigenvalue weighted by atomic mass is 9.82. The monoisotopic (exact) mass is 404 g/mol. The van der Waals surface area contributed by atoms with Crippen LogP contribution in [0.3, 0.4) is 0 Å². The van der Waals surface area contributed by atoms with E-state index in [9.17, 15) is 22.8 Å². The van der Waals surface area contributed by atoms with Gasteiger partial charge in [0.05, 0.1) is 13.0 Å². The number of hydrogen-bond donors (Lipinski definition) is 2. The predicted molar refractivity (Wildman–Crippen MR) is 92.9 cm³/mol. The Kier molecular flexibility index (Phi) is 7.98. The normalized spacial score (nSPS) is 22.6. The molecule has 0 aromatic heterocycles. The summed E-state index contributed by atoms with van der Waals surface area (Å²) in [5.74, 6) is -3.95. The molecule has 0 aliphatic carbocycles. The third kappa shape index (κ3) is 5.95. The fraction of sp³-hybridized carbons (Fsp3) is 0.500. The Morgan fingerprint density at radius 1 is 1.32 bits per heavy atom. The number of nitrogens with two attached hydrogens (primary N) is 1. The van der Waals surface area contributed by atoms with Gasteiger partial charge < -0.3 is 20.5 Å². The van der Waals surface area contributed by atoms with Crippen molar-refractivity contribution in [3.63, 3.8) is 0 Å². The minimum Gasteiger partial charge on any atom is -0.475 e. The van der Waals surface area contributed by atoms with E-state index >= 15 is 0 Å². The van der Waals surface area contributed by atoms with E-state index in [1.54, 1.807) is 11.8 Å². The van der Waals surface area contributed by atoms with E-state index < -0.39 is 29.6 Å². The molecule has 1 fully saturated rings. The van der Waals surface area contributed by atoms with Gasteiger partial charge in [0.15, 0.2) is 0 Å². The van der Waals surface area contributed by atoms with Crippen LogP contribution in [0.5, 0.6) is 0 Å². The first-order valence-corrected chi connectivity index (χ1v) is 8.43. The minimum atomic E-state index is -5.08. The first-order valence-electron chi connectivity index (χ1n) is 8.43. The first kappa shape index (κ1) is 23.4. The summed E-state index contributed by atoms with van der Waals surface area (Å²) in [5.41, 5.74) is 6.03. The number of aliphatic carboxylic acids is 1. The molecule has 1 aromatic carbocycles. The number of amides is 1. The van der Waals surface area contributed by atoms with Crippen LogP contribution in [-0.4, -0.2) is 53.2 Å². The van der Waals surface area contributed by atoms with Crippen LogP contribution in [0.25, 0.3) is 0 Å². The number of carboxylic acids is 1. The smallest absolute Gasteiger partial charge is 0.475 e. The Hall–Kier alpha value is -2.62. The average Bonchev–Trinajstić information content (AvgIpc) is 2.75. The summed E-state index contributed by atoms with van der Waals surface area (Å²) in [6, 6.07) is 9.81. The highest BCUT2D eigenvalue weighted by molar-refractivity contribution is 5.91. The van der Waals surface area contributed by atoms with Gasteiger partial charge in [0.25, 0.3) is 0 Å². The topological polar surface area (TPSA) is 110 Å². The summed E-state index contributed by atoms with van der Waals surface area (Å²) < 4.78 is 36.5. The van der Waals surface area contributed by atoms with Crippen molar-refractivity contribution in [1.29, 1.82) is 0 Å². The van der Waals surface area contributed by atoms with Gasteiger partial charge in [-0.05, 0) is 18.4 Å². The number of methoxy groups -OCH3 is 1. The van der Waals surface area contributed by atoms with Crippen molar-refractivity contribution in [3.8, 4) is 0 Å². The number of likely N-dealkylation sites (tertiary alicyclic amines) is 1. The maximum atomic E-state index is 12.6. The second kappa shape index (κ2) is 9.54. The van der Waals surface area contributed by atoms with E-state index in [2.05, 4.69) is 0 Å². The van der Waals surface area contributed by atoms with E-state index in [-0.39, 0.29) is 5.91 Å². The fourth-order valence-corrected chi connectivity index (χ4v) is 2.81. The number of esters is 1. The molecular formula is C18H23F3N2O5. The maximum absolute atomic E-state index is 12.6. The van der Waals surface area contributed by atoms with Crippen LogP contribution < -0.4 is 5.73 Å². The Morgan fingerprint density at radius 3 is 2.32 bits per heavy atom. The van der Waals surface area contributed by atoms with E-state index in [1.165, 1.54) is 7.11 Å². The number of benzene rings is 1. The number of halogens is 3. The van der Waals surface area contributed by atoms with Gasteiger partial charge in [-0.2, -0.15) is 13.2 Å². The molecule has 1 aliphatic rings. The zero-order chi connectivity index (χ0) is 21.5. The van der Waals surface area contributed by atoms with E-state index in [0.717, 1.165) is 5.56 Å². The van der Waals surface area contributed by atoms with Gasteiger partial charge in [-0.15, -0.1) is 0 Å². The van der Waals surface area contributed by atoms with Gasteiger partial charge in [-0.1, -0.05) is 37.3 Å². The fourth-order valence-electron chi connectivity index (χ4n) is 2.81. The van der Waals surface area contributed by atoms with Gasteiger partial charge in [0.2, 0.25) is 5.91 Å². The van der Waals surface area contributed by atoms with Crippen LogP contribution in [0.1, 0.15) is 25.3 Å². The Labute approximate surface area is 160 Å². The van der Waals surface area contributed by atoms with Gasteiger partial charge in [0, 0.05) is 13.1 Å². The molecule has 2 atom stereocenters. The molecule has 0 bridgehead atoms. The number of hydrogen-bond acceptors (Lipinski definition) is 5. The summed E-state index contributed by atoms with van der Waals surface area (Å²) in [4.78, 5) is 35.2. The number of ether oxygens (including phenoxy) is 1. The van der Waals surface area contributed by atoms with Crippen LogP contribution in [-0.2, 0) is 25.7 Å². The largest absolute Gasteiger partial charge is 0.490 e. The second-order valence-corrected chi connectivity index (χ2v) is 6.41. The number of carbonyl (C=O) groups excluding carboxylic acids is 2. The van der Waals surface area contributed by atoms with Crippen molar-refractivity contribution in [1.82, 2.24) is 4.90 Å². The summed E-state index contributed by atoms with van der Waals surface area (Å²) in [7, 11) is 1.31. The molecule has 7 nitrogen and oxygen atoms in total. The van der Waals surface area contributed by atoms with Crippen LogP contribution in [0, 0.1) is 5.92 Å². The van der Waals surface area contributed by atoms with E-state index in [0.29, 0.717) is 25.9 Å². The Bertz CT molecular complexity index is 696. The second-order valence-electron chi connectivity index (χ2n) is 6.41. The van der Waals surface area contributed by atoms with Crippen LogP contribution in [0.4, 0.5) is 13.2 Å². The van der Waals surface area contributed by atoms with E-state index in [4.69, 9.17) is 20.4 Å². The van der Waals surface area contributed by atoms with Gasteiger partial charge >= 0.3 is 18.1 Å². The zero-order valence-electron chi connectivity index (χ0n) is 15.5. The molecule has 1 aromatic rings. The van der Waals surface area contributed by atoms with Crippen LogP contribution >= 0.6 is 0 Å². The van der Waals surface area contributed by atoms with E-state index in [1.807, 2.05) is 30.3 Å². The molecule has 3 N–H and O–H groups in total. The number of rotatable bonds is 3. The van der Waals surface area contributed by atoms with Crippen LogP contribution in [0.15, 0.2) is 30.3 Å². The highest BCUT2D eigenvalue weighted by atomic mass is 19.4. The summed E-state index contributed by atoms with van der Waals surface area (Å²) in [6.07, 6.45) is -3.94. The molecule has 1 heterocycles. The first-order chi connectivity index (χ1) is 12.9. The van der Waals surface area contributed by atoms with Crippen molar-refractivity contribution in [2.24, 2.45) is 11.7 Å². The zero-order valence-corrected chi connectivity index (χ0v) is 15.5. The molecule has 156 valence electrons. The number of carbonyl (C=O) groups is 3. The maximum Gasteiger partial charge on any atom is 0.490 e. The molecule has 2 rings (SSSR count). The third-order valence-corrected chi connectivity index (χ3v) is 4.50. The van der Waals surface area contributed by atoms with Gasteiger partial charge in [-0.3, -0.25) is 9.59 Å². The van der Waals surface area contributed by atoms with Gasteiger partial charge in [0.1, 0.15) is 5.54 Å². The quantitative estimate of drug-likeness (QED) is 0.746. The lowest BCUT2D eigenvalue weighted by Crippen LogP contribution is -2.56. The summed E-state index contributed by atoms with van der Waals surface area (Å²) in [6.45, 7) is 2.86. The third-order valence-electron chi connectivity index (χ3n) is 4.50. The molecule has 0 saturated carbocycles. The lowest BCUT2D eigenvalue weighted by molar-refractivity contribution is -0.192. The van der Waals surface area contributed by atoms with Crippen molar-refractivity contribution < 1.29 is 37.4 Å². The van der Waals surface area contributed by atoms with Crippen molar-refractivity contribution in [3.05, 3.63) is 35.9 Å². The Balaban J connectivity index is 0.000000480. The molecule has 0 unspecified atom stereocenters. The van der Waals surface area contributed by atoms with Crippen molar-refractivity contribution in [2.45, 2.75) is 38.0 Å². The highest BCUT2D eigenvalue weighted by Crippen LogP contribution is 2.28. The molecule has 0 radical (unpaired) electrons. The number of nitrogens with zero attached hydrogens (tertiary/aromatic N) is 1. The molecule has 10 heteroatoms. The molecule has 0 spiro atoms. The molecule has 1 aliphatic heterocycles. The lowest BCUT2D eigenvalue weighted by Gasteiger charge is -2.31. The SMILES string of the molecule is COC(=O)[C@]1(N)CCCN(Cc2ccccc2)C(=O)[C@H]1C.O=C(O)C(F)(F)F. The number of alkyl halides is 3.